The van der Waals surface area contributed by atoms with E-state index in [1.54, 1.807) is 0 Å². The van der Waals surface area contributed by atoms with Crippen LogP contribution in [0.5, 0.6) is 0 Å². The average molecular weight is 140 g/mol. The first-order chi connectivity index (χ1) is 4.97. The predicted octanol–water partition coefficient (Wildman–Crippen LogP) is 0.685. The van der Waals surface area contributed by atoms with Crippen LogP contribution in [0.15, 0.2) is 0 Å². The Morgan fingerprint density at radius 3 is 3.10 bits per heavy atom. The maximum Gasteiger partial charge on any atom is 0.0622 e. The molecule has 2 rings (SSSR count). The quantitative estimate of drug-likeness (QED) is 0.531. The number of nitrogens with zero attached hydrogens (tertiary/aromatic N) is 1. The van der Waals surface area contributed by atoms with Crippen LogP contribution in [0, 0.1) is 6.42 Å². The monoisotopic (exact) mass is 140 g/mol. The molecule has 2 heterocycles. The molecule has 0 aromatic carbocycles. The van der Waals surface area contributed by atoms with Crippen LogP contribution in [0.1, 0.15) is 12.8 Å². The molecule has 0 amide bonds. The zero-order valence-electron chi connectivity index (χ0n) is 6.25. The van der Waals surface area contributed by atoms with E-state index in [-0.39, 0.29) is 0 Å². The predicted molar refractivity (Wildman–Crippen MR) is 39.7 cm³/mol. The van der Waals surface area contributed by atoms with E-state index in [4.69, 9.17) is 4.74 Å². The molecule has 2 saturated heterocycles. The van der Waals surface area contributed by atoms with Crippen molar-refractivity contribution in [1.29, 1.82) is 0 Å². The molecule has 0 aromatic heterocycles. The van der Waals surface area contributed by atoms with Gasteiger partial charge >= 0.3 is 0 Å². The molecule has 2 heteroatoms. The smallest absolute Gasteiger partial charge is 0.0622 e. The lowest BCUT2D eigenvalue weighted by atomic mass is 10.2. The minimum Gasteiger partial charge on any atom is -0.380 e. The maximum atomic E-state index is 5.31. The van der Waals surface area contributed by atoms with Crippen LogP contribution in [0.25, 0.3) is 0 Å². The van der Waals surface area contributed by atoms with Crippen LogP contribution in [0.3, 0.4) is 0 Å². The first-order valence-corrected chi connectivity index (χ1v) is 4.10. The molecule has 57 valence electrons. The Morgan fingerprint density at radius 2 is 2.50 bits per heavy atom. The third-order valence-electron chi connectivity index (χ3n) is 2.41. The second kappa shape index (κ2) is 2.89. The minimum absolute atomic E-state index is 0.735. The zero-order valence-corrected chi connectivity index (χ0v) is 6.25. The van der Waals surface area contributed by atoms with Gasteiger partial charge in [0.15, 0.2) is 0 Å². The number of ether oxygens (including phenoxy) is 1. The van der Waals surface area contributed by atoms with Gasteiger partial charge in [-0.3, -0.25) is 4.90 Å². The van der Waals surface area contributed by atoms with Crippen LogP contribution in [0.2, 0.25) is 0 Å². The van der Waals surface area contributed by atoms with Gasteiger partial charge in [0.25, 0.3) is 0 Å². The molecule has 1 atom stereocenters. The van der Waals surface area contributed by atoms with Gasteiger partial charge in [0.05, 0.1) is 6.61 Å². The van der Waals surface area contributed by atoms with Crippen molar-refractivity contribution in [2.45, 2.75) is 18.9 Å². The molecule has 0 spiro atoms. The lowest BCUT2D eigenvalue weighted by molar-refractivity contribution is 0.160. The number of hydrogen-bond donors (Lipinski definition) is 0. The van der Waals surface area contributed by atoms with Crippen LogP contribution >= 0.6 is 0 Å². The van der Waals surface area contributed by atoms with E-state index >= 15 is 0 Å². The summed E-state index contributed by atoms with van der Waals surface area (Å²) in [6, 6.07) is 0.735. The van der Waals surface area contributed by atoms with Crippen molar-refractivity contribution in [3.05, 3.63) is 6.42 Å². The molecule has 0 N–H and O–H groups in total. The van der Waals surface area contributed by atoms with Gasteiger partial charge in [0.2, 0.25) is 0 Å². The Hall–Kier alpha value is -0.0800. The summed E-state index contributed by atoms with van der Waals surface area (Å²) in [5.74, 6) is 0. The van der Waals surface area contributed by atoms with E-state index in [0.717, 1.165) is 19.3 Å². The van der Waals surface area contributed by atoms with E-state index in [0.29, 0.717) is 0 Å². The summed E-state index contributed by atoms with van der Waals surface area (Å²) in [5, 5.41) is 0. The van der Waals surface area contributed by atoms with Crippen molar-refractivity contribution in [1.82, 2.24) is 4.90 Å². The summed E-state index contributed by atoms with van der Waals surface area (Å²) in [5.41, 5.74) is 0. The fourth-order valence-electron chi connectivity index (χ4n) is 1.75. The number of likely N-dealkylation sites (tertiary alicyclic amines) is 1. The number of rotatable bonds is 1. The van der Waals surface area contributed by atoms with Gasteiger partial charge in [-0.25, -0.2) is 0 Å². The molecular formula is C8H14NO. The van der Waals surface area contributed by atoms with E-state index in [2.05, 4.69) is 11.3 Å². The van der Waals surface area contributed by atoms with Crippen LogP contribution in [0.4, 0.5) is 0 Å². The highest BCUT2D eigenvalue weighted by molar-refractivity contribution is 4.86. The highest BCUT2D eigenvalue weighted by Gasteiger charge is 2.24. The SMILES string of the molecule is [CH]1CCN(C2CCOC2)C1. The van der Waals surface area contributed by atoms with Crippen LogP contribution in [-0.2, 0) is 4.74 Å². The summed E-state index contributed by atoms with van der Waals surface area (Å²) in [4.78, 5) is 2.52. The van der Waals surface area contributed by atoms with Crippen molar-refractivity contribution in [3.8, 4) is 0 Å². The molecule has 2 fully saturated rings. The molecule has 0 bridgehead atoms. The van der Waals surface area contributed by atoms with Gasteiger partial charge in [-0.05, 0) is 25.8 Å². The van der Waals surface area contributed by atoms with Crippen molar-refractivity contribution in [3.63, 3.8) is 0 Å². The molecule has 2 aliphatic rings. The molecule has 1 radical (unpaired) electrons. The van der Waals surface area contributed by atoms with E-state index < -0.39 is 0 Å². The highest BCUT2D eigenvalue weighted by atomic mass is 16.5. The second-order valence-corrected chi connectivity index (χ2v) is 3.09. The zero-order chi connectivity index (χ0) is 6.81. The molecule has 0 saturated carbocycles. The lowest BCUT2D eigenvalue weighted by Crippen LogP contribution is -2.32. The molecule has 0 aromatic rings. The molecule has 1 unspecified atom stereocenters. The Kier molecular flexibility index (Phi) is 1.91. The van der Waals surface area contributed by atoms with Crippen molar-refractivity contribution < 1.29 is 4.74 Å². The van der Waals surface area contributed by atoms with E-state index in [1.807, 2.05) is 0 Å². The largest absolute Gasteiger partial charge is 0.380 e. The molecule has 10 heavy (non-hydrogen) atoms. The van der Waals surface area contributed by atoms with Crippen LogP contribution in [-0.4, -0.2) is 37.2 Å². The Balaban J connectivity index is 1.85. The van der Waals surface area contributed by atoms with Crippen molar-refractivity contribution >= 4 is 0 Å². The van der Waals surface area contributed by atoms with Gasteiger partial charge in [0, 0.05) is 19.2 Å². The Morgan fingerprint density at radius 1 is 1.50 bits per heavy atom. The molecule has 2 nitrogen and oxygen atoms in total. The summed E-state index contributed by atoms with van der Waals surface area (Å²) in [7, 11) is 0. The Labute approximate surface area is 62.2 Å². The maximum absolute atomic E-state index is 5.31. The van der Waals surface area contributed by atoms with Gasteiger partial charge in [-0.2, -0.15) is 0 Å². The first kappa shape index (κ1) is 6.62. The van der Waals surface area contributed by atoms with Gasteiger partial charge in [-0.1, -0.05) is 0 Å². The van der Waals surface area contributed by atoms with Crippen LogP contribution < -0.4 is 0 Å². The highest BCUT2D eigenvalue weighted by Crippen LogP contribution is 2.17. The van der Waals surface area contributed by atoms with Crippen molar-refractivity contribution in [2.24, 2.45) is 0 Å². The van der Waals surface area contributed by atoms with E-state index in [1.165, 1.54) is 25.9 Å². The van der Waals surface area contributed by atoms with Gasteiger partial charge in [0.1, 0.15) is 0 Å². The van der Waals surface area contributed by atoms with Gasteiger partial charge in [-0.15, -0.1) is 0 Å². The summed E-state index contributed by atoms with van der Waals surface area (Å²) < 4.78 is 5.31. The summed E-state index contributed by atoms with van der Waals surface area (Å²) in [6.45, 7) is 4.39. The molecule has 2 aliphatic heterocycles. The van der Waals surface area contributed by atoms with Crippen molar-refractivity contribution in [2.75, 3.05) is 26.3 Å². The normalized spacial score (nSPS) is 35.4. The third kappa shape index (κ3) is 1.18. The fourth-order valence-corrected chi connectivity index (χ4v) is 1.75. The average Bonchev–Trinajstić information content (AvgIpc) is 2.59. The number of hydrogen-bond acceptors (Lipinski definition) is 2. The standard InChI is InChI=1S/C8H14NO/c1-2-5-9(4-1)8-3-6-10-7-8/h1,8H,2-7H2. The topological polar surface area (TPSA) is 12.5 Å². The Bertz CT molecular complexity index is 89.8. The minimum atomic E-state index is 0.735. The van der Waals surface area contributed by atoms with E-state index in [9.17, 15) is 0 Å². The lowest BCUT2D eigenvalue weighted by Gasteiger charge is -2.20. The first-order valence-electron chi connectivity index (χ1n) is 4.10. The molecule has 0 aliphatic carbocycles. The third-order valence-corrected chi connectivity index (χ3v) is 2.41. The van der Waals surface area contributed by atoms with Gasteiger partial charge < -0.3 is 4.74 Å². The fraction of sp³-hybridized carbons (Fsp3) is 0.875. The molecular weight excluding hydrogens is 126 g/mol. The summed E-state index contributed by atoms with van der Waals surface area (Å²) >= 11 is 0. The summed E-state index contributed by atoms with van der Waals surface area (Å²) in [6.07, 6.45) is 4.88. The second-order valence-electron chi connectivity index (χ2n) is 3.09.